The average Bonchev–Trinajstić information content (AvgIpc) is 2.18. The molecule has 0 amide bonds. The van der Waals surface area contributed by atoms with Crippen molar-refractivity contribution < 1.29 is 4.74 Å². The largest absolute Gasteiger partial charge is 0.384 e. The van der Waals surface area contributed by atoms with E-state index in [2.05, 4.69) is 18.7 Å². The van der Waals surface area contributed by atoms with Crippen molar-refractivity contribution in [2.75, 3.05) is 33.4 Å². The van der Waals surface area contributed by atoms with Crippen molar-refractivity contribution in [3.05, 3.63) is 0 Å². The molecule has 0 bridgehead atoms. The standard InChI is InChI=1S/C12H26N2O/c1-4-12(2,13)10-14-7-5-6-11(8-14)9-15-3/h11H,4-10,13H2,1-3H3. The first-order chi connectivity index (χ1) is 7.07. The van der Waals surface area contributed by atoms with Crippen molar-refractivity contribution in [2.45, 2.75) is 38.6 Å². The molecule has 15 heavy (non-hydrogen) atoms. The number of nitrogens with two attached hydrogens (primary N) is 1. The van der Waals surface area contributed by atoms with E-state index in [4.69, 9.17) is 10.5 Å². The maximum atomic E-state index is 6.19. The molecule has 0 saturated carbocycles. The third kappa shape index (κ3) is 4.49. The fraction of sp³-hybridized carbons (Fsp3) is 1.00. The monoisotopic (exact) mass is 214 g/mol. The normalized spacial score (nSPS) is 27.6. The molecule has 0 aromatic carbocycles. The third-order valence-electron chi connectivity index (χ3n) is 3.40. The fourth-order valence-electron chi connectivity index (χ4n) is 2.29. The number of hydrogen-bond donors (Lipinski definition) is 1. The topological polar surface area (TPSA) is 38.5 Å². The summed E-state index contributed by atoms with van der Waals surface area (Å²) in [4.78, 5) is 2.50. The second-order valence-corrected chi connectivity index (χ2v) is 5.21. The Hall–Kier alpha value is -0.120. The quantitative estimate of drug-likeness (QED) is 0.753. The Labute approximate surface area is 94.0 Å². The van der Waals surface area contributed by atoms with Crippen molar-refractivity contribution in [2.24, 2.45) is 11.7 Å². The lowest BCUT2D eigenvalue weighted by Gasteiger charge is -2.37. The summed E-state index contributed by atoms with van der Waals surface area (Å²) in [6.45, 7) is 8.57. The Balaban J connectivity index is 2.36. The van der Waals surface area contributed by atoms with Gasteiger partial charge in [-0.2, -0.15) is 0 Å². The highest BCUT2D eigenvalue weighted by atomic mass is 16.5. The van der Waals surface area contributed by atoms with Crippen LogP contribution >= 0.6 is 0 Å². The molecule has 0 aromatic rings. The molecule has 1 fully saturated rings. The van der Waals surface area contributed by atoms with Crippen LogP contribution in [0, 0.1) is 5.92 Å². The van der Waals surface area contributed by atoms with E-state index < -0.39 is 0 Å². The van der Waals surface area contributed by atoms with Gasteiger partial charge in [0.2, 0.25) is 0 Å². The van der Waals surface area contributed by atoms with E-state index in [9.17, 15) is 0 Å². The molecular weight excluding hydrogens is 188 g/mol. The van der Waals surface area contributed by atoms with Gasteiger partial charge in [0.05, 0.1) is 6.61 Å². The predicted molar refractivity (Wildman–Crippen MR) is 63.9 cm³/mol. The molecule has 2 unspecified atom stereocenters. The lowest BCUT2D eigenvalue weighted by atomic mass is 9.94. The summed E-state index contributed by atoms with van der Waals surface area (Å²) >= 11 is 0. The number of piperidine rings is 1. The lowest BCUT2D eigenvalue weighted by Crippen LogP contribution is -2.50. The molecule has 3 nitrogen and oxygen atoms in total. The van der Waals surface area contributed by atoms with Crippen molar-refractivity contribution >= 4 is 0 Å². The van der Waals surface area contributed by atoms with Crippen LogP contribution in [0.4, 0.5) is 0 Å². The molecule has 0 radical (unpaired) electrons. The van der Waals surface area contributed by atoms with E-state index in [0.29, 0.717) is 5.92 Å². The molecule has 2 N–H and O–H groups in total. The average molecular weight is 214 g/mol. The van der Waals surface area contributed by atoms with Crippen LogP contribution in [0.3, 0.4) is 0 Å². The van der Waals surface area contributed by atoms with E-state index in [-0.39, 0.29) is 5.54 Å². The van der Waals surface area contributed by atoms with Crippen molar-refractivity contribution in [3.63, 3.8) is 0 Å². The Bertz CT molecular complexity index is 180. The minimum atomic E-state index is -0.0328. The number of methoxy groups -OCH3 is 1. The van der Waals surface area contributed by atoms with E-state index in [1.807, 2.05) is 0 Å². The molecule has 0 spiro atoms. The number of hydrogen-bond acceptors (Lipinski definition) is 3. The van der Waals surface area contributed by atoms with Crippen LogP contribution in [0.2, 0.25) is 0 Å². The summed E-state index contributed by atoms with van der Waals surface area (Å²) < 4.78 is 5.23. The summed E-state index contributed by atoms with van der Waals surface area (Å²) in [7, 11) is 1.79. The Morgan fingerprint density at radius 3 is 2.87 bits per heavy atom. The zero-order chi connectivity index (χ0) is 11.3. The van der Waals surface area contributed by atoms with Crippen molar-refractivity contribution in [3.8, 4) is 0 Å². The number of ether oxygens (including phenoxy) is 1. The Morgan fingerprint density at radius 1 is 1.53 bits per heavy atom. The maximum Gasteiger partial charge on any atom is 0.0502 e. The molecule has 1 saturated heterocycles. The van der Waals surface area contributed by atoms with E-state index in [1.54, 1.807) is 7.11 Å². The summed E-state index contributed by atoms with van der Waals surface area (Å²) in [5.74, 6) is 0.705. The van der Waals surface area contributed by atoms with E-state index in [1.165, 1.54) is 19.4 Å². The van der Waals surface area contributed by atoms with Crippen LogP contribution in [0.5, 0.6) is 0 Å². The highest BCUT2D eigenvalue weighted by Gasteiger charge is 2.25. The number of likely N-dealkylation sites (tertiary alicyclic amines) is 1. The van der Waals surface area contributed by atoms with Gasteiger partial charge in [-0.1, -0.05) is 6.92 Å². The summed E-state index contributed by atoms with van der Waals surface area (Å²) in [5, 5.41) is 0. The molecule has 90 valence electrons. The number of rotatable bonds is 5. The fourth-order valence-corrected chi connectivity index (χ4v) is 2.29. The van der Waals surface area contributed by atoms with Crippen molar-refractivity contribution in [1.82, 2.24) is 4.90 Å². The van der Waals surface area contributed by atoms with Crippen LogP contribution in [0.1, 0.15) is 33.1 Å². The first kappa shape index (κ1) is 12.9. The van der Waals surface area contributed by atoms with Gasteiger partial charge in [-0.15, -0.1) is 0 Å². The zero-order valence-corrected chi connectivity index (χ0v) is 10.5. The highest BCUT2D eigenvalue weighted by Crippen LogP contribution is 2.19. The summed E-state index contributed by atoms with van der Waals surface area (Å²) in [5.41, 5.74) is 6.16. The molecule has 0 aliphatic carbocycles. The first-order valence-electron chi connectivity index (χ1n) is 6.07. The second kappa shape index (κ2) is 5.83. The molecule has 1 rings (SSSR count). The number of nitrogens with zero attached hydrogens (tertiary/aromatic N) is 1. The molecular formula is C12H26N2O. The van der Waals surface area contributed by atoms with Gasteiger partial charge >= 0.3 is 0 Å². The van der Waals surface area contributed by atoms with Gasteiger partial charge in [-0.3, -0.25) is 0 Å². The molecule has 0 aromatic heterocycles. The zero-order valence-electron chi connectivity index (χ0n) is 10.5. The van der Waals surface area contributed by atoms with E-state index >= 15 is 0 Å². The second-order valence-electron chi connectivity index (χ2n) is 5.21. The SMILES string of the molecule is CCC(C)(N)CN1CCCC(COC)C1. The molecule has 2 atom stereocenters. The smallest absolute Gasteiger partial charge is 0.0502 e. The van der Waals surface area contributed by atoms with Crippen LogP contribution in [0.15, 0.2) is 0 Å². The molecule has 1 heterocycles. The Kier molecular flexibility index (Phi) is 5.03. The van der Waals surface area contributed by atoms with Gasteiger partial charge < -0.3 is 15.4 Å². The van der Waals surface area contributed by atoms with Crippen LogP contribution in [-0.4, -0.2) is 43.8 Å². The molecule has 1 aliphatic rings. The lowest BCUT2D eigenvalue weighted by molar-refractivity contribution is 0.0798. The van der Waals surface area contributed by atoms with Crippen LogP contribution in [0.25, 0.3) is 0 Å². The first-order valence-corrected chi connectivity index (χ1v) is 6.07. The highest BCUT2D eigenvalue weighted by molar-refractivity contribution is 4.84. The Morgan fingerprint density at radius 2 is 2.27 bits per heavy atom. The molecule has 1 aliphatic heterocycles. The molecule has 3 heteroatoms. The van der Waals surface area contributed by atoms with Gasteiger partial charge in [0.1, 0.15) is 0 Å². The van der Waals surface area contributed by atoms with Crippen molar-refractivity contribution in [1.29, 1.82) is 0 Å². The van der Waals surface area contributed by atoms with Gasteiger partial charge in [-0.05, 0) is 38.6 Å². The maximum absolute atomic E-state index is 6.19. The minimum Gasteiger partial charge on any atom is -0.384 e. The van der Waals surface area contributed by atoms with Crippen LogP contribution < -0.4 is 5.73 Å². The summed E-state index contributed by atoms with van der Waals surface area (Å²) in [6.07, 6.45) is 3.63. The summed E-state index contributed by atoms with van der Waals surface area (Å²) in [6, 6.07) is 0. The van der Waals surface area contributed by atoms with Gasteiger partial charge in [0, 0.05) is 25.7 Å². The van der Waals surface area contributed by atoms with Gasteiger partial charge in [0.25, 0.3) is 0 Å². The van der Waals surface area contributed by atoms with Gasteiger partial charge in [-0.25, -0.2) is 0 Å². The van der Waals surface area contributed by atoms with E-state index in [0.717, 1.165) is 26.1 Å². The minimum absolute atomic E-state index is 0.0328. The van der Waals surface area contributed by atoms with Gasteiger partial charge in [0.15, 0.2) is 0 Å². The van der Waals surface area contributed by atoms with Crippen LogP contribution in [-0.2, 0) is 4.74 Å². The third-order valence-corrected chi connectivity index (χ3v) is 3.40. The predicted octanol–water partition coefficient (Wildman–Crippen LogP) is 1.47.